The largest absolute Gasteiger partial charge is 0.358 e. The van der Waals surface area contributed by atoms with E-state index in [4.69, 9.17) is 5.26 Å². The van der Waals surface area contributed by atoms with Gasteiger partial charge in [0.15, 0.2) is 0 Å². The van der Waals surface area contributed by atoms with E-state index in [-0.39, 0.29) is 12.5 Å². The molecule has 1 N–H and O–H groups in total. The Hall–Kier alpha value is -2.09. The molecular weight excluding hydrogens is 192 g/mol. The van der Waals surface area contributed by atoms with E-state index in [2.05, 4.69) is 10.3 Å². The van der Waals surface area contributed by atoms with Crippen LogP contribution in [0, 0.1) is 11.3 Å². The number of hydrogen-bond donors (Lipinski definition) is 1. The fourth-order valence-corrected chi connectivity index (χ4v) is 1.07. The fourth-order valence-electron chi connectivity index (χ4n) is 1.07. The molecule has 0 radical (unpaired) electrons. The van der Waals surface area contributed by atoms with Crippen LogP contribution in [-0.4, -0.2) is 31.5 Å². The Labute approximate surface area is 88.3 Å². The van der Waals surface area contributed by atoms with Crippen LogP contribution in [0.2, 0.25) is 0 Å². The second-order valence-electron chi connectivity index (χ2n) is 3.02. The molecule has 1 amide bonds. The zero-order chi connectivity index (χ0) is 11.3. The van der Waals surface area contributed by atoms with Gasteiger partial charge in [0.1, 0.15) is 17.6 Å². The van der Waals surface area contributed by atoms with Gasteiger partial charge in [0.2, 0.25) is 5.91 Å². The summed E-state index contributed by atoms with van der Waals surface area (Å²) in [6.07, 6.45) is 0. The highest BCUT2D eigenvalue weighted by Gasteiger charge is 2.07. The lowest BCUT2D eigenvalue weighted by Gasteiger charge is -2.16. The van der Waals surface area contributed by atoms with E-state index >= 15 is 0 Å². The molecule has 0 fully saturated rings. The standard InChI is InChI=1S/C10H12N4O/c1-12-10(15)7-14(2)9-5-3-4-8(6-11)13-9/h3-5H,7H2,1-2H3,(H,12,15). The Morgan fingerprint density at radius 2 is 2.40 bits per heavy atom. The molecule has 0 bridgehead atoms. The summed E-state index contributed by atoms with van der Waals surface area (Å²) in [5.74, 6) is 0.513. The van der Waals surface area contributed by atoms with Crippen LogP contribution in [-0.2, 0) is 4.79 Å². The van der Waals surface area contributed by atoms with Gasteiger partial charge in [-0.15, -0.1) is 0 Å². The molecule has 0 aliphatic rings. The van der Waals surface area contributed by atoms with Crippen LogP contribution in [0.15, 0.2) is 18.2 Å². The van der Waals surface area contributed by atoms with Crippen molar-refractivity contribution in [3.05, 3.63) is 23.9 Å². The van der Waals surface area contributed by atoms with Gasteiger partial charge in [-0.3, -0.25) is 4.79 Å². The lowest BCUT2D eigenvalue weighted by atomic mass is 10.3. The number of carbonyl (C=O) groups is 1. The van der Waals surface area contributed by atoms with Crippen LogP contribution < -0.4 is 10.2 Å². The van der Waals surface area contributed by atoms with Crippen LogP contribution in [0.1, 0.15) is 5.69 Å². The van der Waals surface area contributed by atoms with Crippen LogP contribution in [0.3, 0.4) is 0 Å². The second-order valence-corrected chi connectivity index (χ2v) is 3.02. The molecule has 1 heterocycles. The maximum absolute atomic E-state index is 11.1. The summed E-state index contributed by atoms with van der Waals surface area (Å²) in [6, 6.07) is 7.06. The van der Waals surface area contributed by atoms with E-state index in [1.54, 1.807) is 37.2 Å². The Kier molecular flexibility index (Phi) is 3.63. The van der Waals surface area contributed by atoms with Gasteiger partial charge < -0.3 is 10.2 Å². The first-order valence-electron chi connectivity index (χ1n) is 4.46. The quantitative estimate of drug-likeness (QED) is 0.760. The molecule has 5 nitrogen and oxygen atoms in total. The first kappa shape index (κ1) is 11.0. The Bertz CT molecular complexity index is 397. The molecule has 78 valence electrons. The molecular formula is C10H12N4O. The highest BCUT2D eigenvalue weighted by Crippen LogP contribution is 2.08. The number of nitrogens with zero attached hydrogens (tertiary/aromatic N) is 3. The number of amides is 1. The molecule has 0 spiro atoms. The van der Waals surface area contributed by atoms with Crippen LogP contribution >= 0.6 is 0 Å². The number of aromatic nitrogens is 1. The lowest BCUT2D eigenvalue weighted by Crippen LogP contribution is -2.33. The van der Waals surface area contributed by atoms with E-state index in [0.717, 1.165) is 0 Å². The van der Waals surface area contributed by atoms with Gasteiger partial charge in [0.05, 0.1) is 6.54 Å². The number of rotatable bonds is 3. The third-order valence-electron chi connectivity index (χ3n) is 1.90. The molecule has 1 rings (SSSR count). The number of pyridine rings is 1. The fraction of sp³-hybridized carbons (Fsp3) is 0.300. The number of hydrogen-bond acceptors (Lipinski definition) is 4. The minimum Gasteiger partial charge on any atom is -0.358 e. The van der Waals surface area contributed by atoms with Crippen molar-refractivity contribution in [2.45, 2.75) is 0 Å². The number of likely N-dealkylation sites (N-methyl/N-ethyl adjacent to an activating group) is 2. The molecule has 0 saturated heterocycles. The van der Waals surface area contributed by atoms with Crippen molar-refractivity contribution >= 4 is 11.7 Å². The third-order valence-corrected chi connectivity index (χ3v) is 1.90. The number of nitriles is 1. The van der Waals surface area contributed by atoms with E-state index in [9.17, 15) is 4.79 Å². The van der Waals surface area contributed by atoms with Crippen LogP contribution in [0.25, 0.3) is 0 Å². The number of nitrogens with one attached hydrogen (secondary N) is 1. The minimum atomic E-state index is -0.0957. The van der Waals surface area contributed by atoms with E-state index in [0.29, 0.717) is 11.5 Å². The summed E-state index contributed by atoms with van der Waals surface area (Å²) in [6.45, 7) is 0.221. The molecule has 0 aromatic carbocycles. The van der Waals surface area contributed by atoms with Crippen molar-refractivity contribution < 1.29 is 4.79 Å². The monoisotopic (exact) mass is 204 g/mol. The van der Waals surface area contributed by atoms with Gasteiger partial charge in [-0.2, -0.15) is 5.26 Å². The van der Waals surface area contributed by atoms with Gasteiger partial charge in [0, 0.05) is 14.1 Å². The van der Waals surface area contributed by atoms with Gasteiger partial charge in [-0.25, -0.2) is 4.98 Å². The highest BCUT2D eigenvalue weighted by atomic mass is 16.1. The molecule has 0 aliphatic carbocycles. The van der Waals surface area contributed by atoms with Crippen molar-refractivity contribution in [3.63, 3.8) is 0 Å². The summed E-state index contributed by atoms with van der Waals surface area (Å²) >= 11 is 0. The summed E-state index contributed by atoms with van der Waals surface area (Å²) in [4.78, 5) is 16.8. The normalized spacial score (nSPS) is 9.13. The maximum Gasteiger partial charge on any atom is 0.239 e. The first-order chi connectivity index (χ1) is 7.17. The van der Waals surface area contributed by atoms with Gasteiger partial charge in [-0.1, -0.05) is 6.07 Å². The van der Waals surface area contributed by atoms with E-state index in [1.165, 1.54) is 0 Å². The summed E-state index contributed by atoms with van der Waals surface area (Å²) in [7, 11) is 3.33. The maximum atomic E-state index is 11.1. The first-order valence-corrected chi connectivity index (χ1v) is 4.46. The lowest BCUT2D eigenvalue weighted by molar-refractivity contribution is -0.119. The molecule has 0 aliphatic heterocycles. The Morgan fingerprint density at radius 1 is 1.67 bits per heavy atom. The topological polar surface area (TPSA) is 69.0 Å². The molecule has 0 atom stereocenters. The molecule has 0 unspecified atom stereocenters. The third kappa shape index (κ3) is 2.95. The van der Waals surface area contributed by atoms with Crippen LogP contribution in [0.5, 0.6) is 0 Å². The van der Waals surface area contributed by atoms with Crippen molar-refractivity contribution in [2.24, 2.45) is 0 Å². The van der Waals surface area contributed by atoms with Gasteiger partial charge in [-0.05, 0) is 12.1 Å². The summed E-state index contributed by atoms with van der Waals surface area (Å²) in [5.41, 5.74) is 0.344. The SMILES string of the molecule is CNC(=O)CN(C)c1cccc(C#N)n1. The summed E-state index contributed by atoms with van der Waals surface area (Å²) in [5, 5.41) is 11.2. The average Bonchev–Trinajstić information content (AvgIpc) is 2.28. The summed E-state index contributed by atoms with van der Waals surface area (Å²) < 4.78 is 0. The van der Waals surface area contributed by atoms with Crippen molar-refractivity contribution in [3.8, 4) is 6.07 Å². The van der Waals surface area contributed by atoms with Crippen molar-refractivity contribution in [2.75, 3.05) is 25.5 Å². The zero-order valence-corrected chi connectivity index (χ0v) is 8.69. The Balaban J connectivity index is 2.78. The van der Waals surface area contributed by atoms with Crippen molar-refractivity contribution in [1.29, 1.82) is 5.26 Å². The van der Waals surface area contributed by atoms with Crippen LogP contribution in [0.4, 0.5) is 5.82 Å². The molecule has 5 heteroatoms. The van der Waals surface area contributed by atoms with E-state index in [1.807, 2.05) is 6.07 Å². The predicted octanol–water partition coefficient (Wildman–Crippen LogP) is 0.135. The second kappa shape index (κ2) is 4.96. The Morgan fingerprint density at radius 3 is 3.00 bits per heavy atom. The van der Waals surface area contributed by atoms with Gasteiger partial charge >= 0.3 is 0 Å². The van der Waals surface area contributed by atoms with Crippen molar-refractivity contribution in [1.82, 2.24) is 10.3 Å². The highest BCUT2D eigenvalue weighted by molar-refractivity contribution is 5.80. The molecule has 0 saturated carbocycles. The molecule has 1 aromatic rings. The molecule has 1 aromatic heterocycles. The molecule has 15 heavy (non-hydrogen) atoms. The number of carbonyl (C=O) groups excluding carboxylic acids is 1. The average molecular weight is 204 g/mol. The predicted molar refractivity (Wildman–Crippen MR) is 56.3 cm³/mol. The smallest absolute Gasteiger partial charge is 0.239 e. The van der Waals surface area contributed by atoms with E-state index < -0.39 is 0 Å². The van der Waals surface area contributed by atoms with Gasteiger partial charge in [0.25, 0.3) is 0 Å². The zero-order valence-electron chi connectivity index (χ0n) is 8.69. The minimum absolute atomic E-state index is 0.0957. The number of anilines is 1.